The first-order valence-corrected chi connectivity index (χ1v) is 13.5. The number of hydrogen-bond acceptors (Lipinski definition) is 3. The fourth-order valence-electron chi connectivity index (χ4n) is 5.54. The second kappa shape index (κ2) is 10.8. The van der Waals surface area contributed by atoms with E-state index in [1.165, 1.54) is 5.57 Å². The molecule has 5 heteroatoms. The summed E-state index contributed by atoms with van der Waals surface area (Å²) in [5.74, 6) is -0.0372. The van der Waals surface area contributed by atoms with Crippen molar-refractivity contribution < 1.29 is 9.53 Å². The quantitative estimate of drug-likeness (QED) is 0.242. The van der Waals surface area contributed by atoms with Crippen LogP contribution in [0.25, 0.3) is 16.3 Å². The molecule has 0 spiro atoms. The number of hydrogen-bond donors (Lipinski definition) is 0. The summed E-state index contributed by atoms with van der Waals surface area (Å²) in [6.07, 6.45) is 2.85. The maximum Gasteiger partial charge on any atom is 0.244 e. The fraction of sp³-hybridized carbons (Fsp3) is 0.212. The van der Waals surface area contributed by atoms with Gasteiger partial charge in [-0.3, -0.25) is 4.79 Å². The van der Waals surface area contributed by atoms with Crippen LogP contribution in [-0.2, 0) is 4.79 Å². The maximum absolute atomic E-state index is 14.3. The molecule has 0 N–H and O–H groups in total. The highest BCUT2D eigenvalue weighted by Gasteiger charge is 2.47. The van der Waals surface area contributed by atoms with Crippen LogP contribution < -0.4 is 4.74 Å². The molecule has 190 valence electrons. The minimum atomic E-state index is -1.36. The molecule has 0 saturated carbocycles. The summed E-state index contributed by atoms with van der Waals surface area (Å²) >= 11 is 3.49. The van der Waals surface area contributed by atoms with E-state index in [4.69, 9.17) is 4.74 Å². The molecule has 0 unspecified atom stereocenters. The molecule has 0 radical (unpaired) electrons. The van der Waals surface area contributed by atoms with Crippen molar-refractivity contribution in [2.24, 2.45) is 5.41 Å². The van der Waals surface area contributed by atoms with Gasteiger partial charge in [0.05, 0.1) is 13.2 Å². The predicted octanol–water partition coefficient (Wildman–Crippen LogP) is 7.59. The molecule has 5 rings (SSSR count). The van der Waals surface area contributed by atoms with Crippen LogP contribution in [0.15, 0.2) is 102 Å². The molecule has 0 saturated heterocycles. The molecule has 0 aromatic heterocycles. The Morgan fingerprint density at radius 2 is 1.66 bits per heavy atom. The van der Waals surface area contributed by atoms with Crippen LogP contribution in [0.4, 0.5) is 0 Å². The number of rotatable bonds is 6. The Balaban J connectivity index is 1.58. The Bertz CT molecular complexity index is 1550. The molecule has 4 aromatic rings. The molecule has 0 fully saturated rings. The zero-order valence-corrected chi connectivity index (χ0v) is 23.1. The maximum atomic E-state index is 14.3. The van der Waals surface area contributed by atoms with E-state index < -0.39 is 11.3 Å². The SMILES string of the molecule is COc1ccccc1[C@H](c1cccc2ccccc12)[C@@](C)(C#N)C(=O)N1CC=C(c2ccc(Br)cc2)CC1. The van der Waals surface area contributed by atoms with Gasteiger partial charge in [0.25, 0.3) is 0 Å². The Labute approximate surface area is 232 Å². The zero-order chi connectivity index (χ0) is 26.7. The number of benzene rings is 4. The van der Waals surface area contributed by atoms with Crippen LogP contribution in [0.2, 0.25) is 0 Å². The Morgan fingerprint density at radius 1 is 0.974 bits per heavy atom. The van der Waals surface area contributed by atoms with E-state index in [-0.39, 0.29) is 5.91 Å². The summed E-state index contributed by atoms with van der Waals surface area (Å²) in [5, 5.41) is 12.8. The second-order valence-electron chi connectivity index (χ2n) is 9.79. The molecule has 1 amide bonds. The Kier molecular flexibility index (Phi) is 7.35. The highest BCUT2D eigenvalue weighted by atomic mass is 79.9. The molecule has 0 bridgehead atoms. The topological polar surface area (TPSA) is 53.3 Å². The minimum absolute atomic E-state index is 0.171. The monoisotopic (exact) mass is 564 g/mol. The van der Waals surface area contributed by atoms with E-state index >= 15 is 0 Å². The molecule has 4 nitrogen and oxygen atoms in total. The summed E-state index contributed by atoms with van der Waals surface area (Å²) in [5.41, 5.74) is 2.78. The first-order chi connectivity index (χ1) is 18.5. The van der Waals surface area contributed by atoms with Crippen molar-refractivity contribution in [1.82, 2.24) is 4.90 Å². The van der Waals surface area contributed by atoms with Gasteiger partial charge in [-0.25, -0.2) is 0 Å². The lowest BCUT2D eigenvalue weighted by atomic mass is 9.68. The molecule has 38 heavy (non-hydrogen) atoms. The van der Waals surface area contributed by atoms with Gasteiger partial charge in [-0.05, 0) is 59.0 Å². The normalized spacial score (nSPS) is 15.7. The van der Waals surface area contributed by atoms with Gasteiger partial charge in [-0.2, -0.15) is 5.26 Å². The molecule has 2 atom stereocenters. The number of halogens is 1. The van der Waals surface area contributed by atoms with Gasteiger partial charge in [0.1, 0.15) is 11.2 Å². The van der Waals surface area contributed by atoms with Gasteiger partial charge in [-0.1, -0.05) is 94.8 Å². The number of nitriles is 1. The number of amides is 1. The molecule has 1 aliphatic rings. The van der Waals surface area contributed by atoms with Crippen LogP contribution in [0, 0.1) is 16.7 Å². The molecule has 1 aliphatic heterocycles. The van der Waals surface area contributed by atoms with Crippen molar-refractivity contribution in [2.45, 2.75) is 19.3 Å². The van der Waals surface area contributed by atoms with E-state index in [1.807, 2.05) is 65.6 Å². The van der Waals surface area contributed by atoms with Crippen LogP contribution in [0.3, 0.4) is 0 Å². The lowest BCUT2D eigenvalue weighted by Crippen LogP contribution is -2.46. The summed E-state index contributed by atoms with van der Waals surface area (Å²) in [7, 11) is 1.63. The number of fused-ring (bicyclic) bond motifs is 1. The summed E-state index contributed by atoms with van der Waals surface area (Å²) < 4.78 is 6.79. The predicted molar refractivity (Wildman–Crippen MR) is 156 cm³/mol. The number of carbonyl (C=O) groups excluding carboxylic acids is 1. The smallest absolute Gasteiger partial charge is 0.244 e. The van der Waals surface area contributed by atoms with Gasteiger partial charge in [0, 0.05) is 29.0 Å². The molecular weight excluding hydrogens is 536 g/mol. The van der Waals surface area contributed by atoms with Gasteiger partial charge < -0.3 is 9.64 Å². The highest BCUT2D eigenvalue weighted by Crippen LogP contribution is 2.47. The molecule has 1 heterocycles. The first kappa shape index (κ1) is 25.8. The summed E-state index contributed by atoms with van der Waals surface area (Å²) in [4.78, 5) is 16.1. The van der Waals surface area contributed by atoms with Gasteiger partial charge in [-0.15, -0.1) is 0 Å². The van der Waals surface area contributed by atoms with E-state index in [0.717, 1.165) is 38.4 Å². The number of ether oxygens (including phenoxy) is 1. The fourth-order valence-corrected chi connectivity index (χ4v) is 5.81. The number of para-hydroxylation sites is 1. The highest BCUT2D eigenvalue weighted by molar-refractivity contribution is 9.10. The van der Waals surface area contributed by atoms with Crippen molar-refractivity contribution in [1.29, 1.82) is 5.26 Å². The van der Waals surface area contributed by atoms with Gasteiger partial charge in [0.2, 0.25) is 5.91 Å². The first-order valence-electron chi connectivity index (χ1n) is 12.7. The van der Waals surface area contributed by atoms with Crippen LogP contribution in [-0.4, -0.2) is 31.0 Å². The standard InChI is InChI=1S/C33H29BrN2O2/c1-33(22-35,32(37)36-20-18-24(19-21-36)23-14-16-26(34)17-15-23)31(29-11-5-6-13-30(29)38-2)28-12-7-9-25-8-3-4-10-27(25)28/h3-18,31H,19-21H2,1-2H3/t31-,33+/m0/s1. The second-order valence-corrected chi connectivity index (χ2v) is 10.7. The lowest BCUT2D eigenvalue weighted by Gasteiger charge is -2.38. The molecular formula is C33H29BrN2O2. The average molecular weight is 566 g/mol. The third-order valence-corrected chi connectivity index (χ3v) is 8.08. The minimum Gasteiger partial charge on any atom is -0.496 e. The van der Waals surface area contributed by atoms with E-state index in [9.17, 15) is 10.1 Å². The van der Waals surface area contributed by atoms with Crippen molar-refractivity contribution in [3.05, 3.63) is 118 Å². The van der Waals surface area contributed by atoms with Crippen LogP contribution in [0.5, 0.6) is 5.75 Å². The van der Waals surface area contributed by atoms with Crippen LogP contribution >= 0.6 is 15.9 Å². The summed E-state index contributed by atoms with van der Waals surface area (Å²) in [6.45, 7) is 2.81. The third-order valence-electron chi connectivity index (χ3n) is 7.55. The number of carbonyl (C=O) groups is 1. The van der Waals surface area contributed by atoms with Crippen molar-refractivity contribution in [2.75, 3.05) is 20.2 Å². The lowest BCUT2D eigenvalue weighted by molar-refractivity contribution is -0.138. The van der Waals surface area contributed by atoms with Gasteiger partial charge in [0.15, 0.2) is 0 Å². The zero-order valence-electron chi connectivity index (χ0n) is 21.5. The largest absolute Gasteiger partial charge is 0.496 e. The Hall–Kier alpha value is -3.88. The third kappa shape index (κ3) is 4.73. The van der Waals surface area contributed by atoms with Crippen molar-refractivity contribution >= 4 is 38.2 Å². The summed E-state index contributed by atoms with van der Waals surface area (Å²) in [6, 6.07) is 32.6. The van der Waals surface area contributed by atoms with E-state index in [1.54, 1.807) is 14.0 Å². The van der Waals surface area contributed by atoms with Gasteiger partial charge >= 0.3 is 0 Å². The van der Waals surface area contributed by atoms with Crippen LogP contribution in [0.1, 0.15) is 36.0 Å². The van der Waals surface area contributed by atoms with Crippen molar-refractivity contribution in [3.8, 4) is 11.8 Å². The number of nitrogens with zero attached hydrogens (tertiary/aromatic N) is 2. The molecule has 4 aromatic carbocycles. The average Bonchev–Trinajstić information content (AvgIpc) is 2.97. The van der Waals surface area contributed by atoms with E-state index in [0.29, 0.717) is 18.8 Å². The van der Waals surface area contributed by atoms with Crippen molar-refractivity contribution in [3.63, 3.8) is 0 Å². The Morgan fingerprint density at radius 3 is 2.37 bits per heavy atom. The number of methoxy groups -OCH3 is 1. The van der Waals surface area contributed by atoms with E-state index in [2.05, 4.69) is 58.4 Å². The molecule has 0 aliphatic carbocycles.